The van der Waals surface area contributed by atoms with E-state index in [9.17, 15) is 4.39 Å². The zero-order valence-corrected chi connectivity index (χ0v) is 7.01. The van der Waals surface area contributed by atoms with E-state index < -0.39 is 12.9 Å². The van der Waals surface area contributed by atoms with Gasteiger partial charge < -0.3 is 10.0 Å². The van der Waals surface area contributed by atoms with Crippen molar-refractivity contribution in [3.63, 3.8) is 0 Å². The molecular weight excluding hydrogens is 183 g/mol. The third-order valence-electron chi connectivity index (χ3n) is 1.47. The van der Waals surface area contributed by atoms with Gasteiger partial charge in [0.25, 0.3) is 0 Å². The van der Waals surface area contributed by atoms with Crippen molar-refractivity contribution in [1.29, 1.82) is 0 Å². The number of aromatic nitrogens is 1. The van der Waals surface area contributed by atoms with Gasteiger partial charge in [0.1, 0.15) is 0 Å². The summed E-state index contributed by atoms with van der Waals surface area (Å²) in [4.78, 5) is 3.49. The molecule has 0 aliphatic heterocycles. The van der Waals surface area contributed by atoms with E-state index >= 15 is 0 Å². The minimum absolute atomic E-state index is 0.227. The van der Waals surface area contributed by atoms with Crippen LogP contribution in [-0.4, -0.2) is 22.2 Å². The fraction of sp³-hybridized carbons (Fsp3) is 0.167. The second-order valence-electron chi connectivity index (χ2n) is 2.33. The van der Waals surface area contributed by atoms with Gasteiger partial charge >= 0.3 is 7.12 Å². The lowest BCUT2D eigenvalue weighted by molar-refractivity contribution is 0.422. The summed E-state index contributed by atoms with van der Waals surface area (Å²) in [6.45, 7) is 1.52. The van der Waals surface area contributed by atoms with Gasteiger partial charge in [0.2, 0.25) is 0 Å². The standard InChI is InChI=1S/C6H6BClFNO2/c1-3-2-10-6(8)5(9)4(3)7(11)12/h2,11-12H,1H3. The summed E-state index contributed by atoms with van der Waals surface area (Å²) in [6.07, 6.45) is 1.28. The maximum absolute atomic E-state index is 13.0. The molecule has 1 rings (SSSR count). The molecule has 0 unspecified atom stereocenters. The van der Waals surface area contributed by atoms with Crippen LogP contribution >= 0.6 is 11.6 Å². The number of hydrogen-bond donors (Lipinski definition) is 2. The molecule has 1 heterocycles. The average Bonchev–Trinajstić information content (AvgIpc) is 1.97. The van der Waals surface area contributed by atoms with Gasteiger partial charge in [-0.1, -0.05) is 11.6 Å². The molecule has 64 valence electrons. The Kier molecular flexibility index (Phi) is 2.67. The summed E-state index contributed by atoms with van der Waals surface area (Å²) in [5, 5.41) is 17.1. The highest BCUT2D eigenvalue weighted by Crippen LogP contribution is 2.09. The number of hydrogen-bond acceptors (Lipinski definition) is 3. The quantitative estimate of drug-likeness (QED) is 0.478. The predicted octanol–water partition coefficient (Wildman–Crippen LogP) is -0.138. The van der Waals surface area contributed by atoms with E-state index in [4.69, 9.17) is 21.6 Å². The highest BCUT2D eigenvalue weighted by Gasteiger charge is 2.21. The van der Waals surface area contributed by atoms with Crippen molar-refractivity contribution in [2.75, 3.05) is 0 Å². The Morgan fingerprint density at radius 3 is 2.58 bits per heavy atom. The molecule has 0 fully saturated rings. The van der Waals surface area contributed by atoms with Crippen molar-refractivity contribution in [3.8, 4) is 0 Å². The Balaban J connectivity index is 3.33. The van der Waals surface area contributed by atoms with E-state index in [1.807, 2.05) is 0 Å². The first-order valence-corrected chi connectivity index (χ1v) is 3.58. The minimum Gasteiger partial charge on any atom is -0.423 e. The van der Waals surface area contributed by atoms with Crippen molar-refractivity contribution >= 4 is 24.2 Å². The number of nitrogens with zero attached hydrogens (tertiary/aromatic N) is 1. The minimum atomic E-state index is -1.86. The van der Waals surface area contributed by atoms with E-state index in [1.165, 1.54) is 13.1 Å². The van der Waals surface area contributed by atoms with E-state index in [0.29, 0.717) is 5.56 Å². The summed E-state index contributed by atoms with van der Waals surface area (Å²) in [5.74, 6) is -0.883. The lowest BCUT2D eigenvalue weighted by Crippen LogP contribution is -2.35. The van der Waals surface area contributed by atoms with Crippen molar-refractivity contribution in [1.82, 2.24) is 4.98 Å². The molecule has 0 amide bonds. The molecule has 0 bridgehead atoms. The van der Waals surface area contributed by atoms with E-state index in [0.717, 1.165) is 0 Å². The van der Waals surface area contributed by atoms with E-state index in [-0.39, 0.29) is 10.6 Å². The lowest BCUT2D eigenvalue weighted by atomic mass is 9.78. The summed E-state index contributed by atoms with van der Waals surface area (Å²) < 4.78 is 13.0. The molecule has 0 atom stereocenters. The van der Waals surface area contributed by atoms with Gasteiger partial charge in [-0.25, -0.2) is 9.37 Å². The molecule has 1 aromatic heterocycles. The van der Waals surface area contributed by atoms with Crippen molar-refractivity contribution in [3.05, 3.63) is 22.7 Å². The Hall–Kier alpha value is -0.645. The molecule has 0 aromatic carbocycles. The zero-order valence-electron chi connectivity index (χ0n) is 6.25. The molecule has 0 saturated heterocycles. The van der Waals surface area contributed by atoms with Crippen LogP contribution in [-0.2, 0) is 0 Å². The first-order valence-electron chi connectivity index (χ1n) is 3.20. The molecule has 3 nitrogen and oxygen atoms in total. The Morgan fingerprint density at radius 1 is 1.58 bits per heavy atom. The second-order valence-corrected chi connectivity index (χ2v) is 2.69. The van der Waals surface area contributed by atoms with Gasteiger partial charge in [-0.05, 0) is 12.5 Å². The highest BCUT2D eigenvalue weighted by molar-refractivity contribution is 6.59. The molecule has 6 heteroatoms. The summed E-state index contributed by atoms with van der Waals surface area (Å²) in [6, 6.07) is 0. The maximum Gasteiger partial charge on any atom is 0.491 e. The van der Waals surface area contributed by atoms with Gasteiger partial charge in [0.05, 0.1) is 0 Å². The van der Waals surface area contributed by atoms with Gasteiger partial charge in [-0.3, -0.25) is 0 Å². The fourth-order valence-corrected chi connectivity index (χ4v) is 1.03. The molecule has 0 saturated carbocycles. The van der Waals surface area contributed by atoms with Crippen molar-refractivity contribution in [2.45, 2.75) is 6.92 Å². The first-order chi connectivity index (χ1) is 5.54. The van der Waals surface area contributed by atoms with Gasteiger partial charge in [-0.2, -0.15) is 0 Å². The van der Waals surface area contributed by atoms with Crippen LogP contribution in [0.5, 0.6) is 0 Å². The van der Waals surface area contributed by atoms with Crippen LogP contribution in [0, 0.1) is 12.7 Å². The third kappa shape index (κ3) is 1.58. The fourth-order valence-electron chi connectivity index (χ4n) is 0.881. The summed E-state index contributed by atoms with van der Waals surface area (Å²) >= 11 is 5.32. The largest absolute Gasteiger partial charge is 0.491 e. The average molecular weight is 189 g/mol. The monoisotopic (exact) mass is 189 g/mol. The molecule has 0 aliphatic rings. The summed E-state index contributed by atoms with van der Waals surface area (Å²) in [5.41, 5.74) is 0.127. The van der Waals surface area contributed by atoms with Crippen LogP contribution in [0.3, 0.4) is 0 Å². The number of pyridine rings is 1. The van der Waals surface area contributed by atoms with Crippen molar-refractivity contribution < 1.29 is 14.4 Å². The maximum atomic E-state index is 13.0. The van der Waals surface area contributed by atoms with Crippen LogP contribution in [0.25, 0.3) is 0 Å². The molecule has 1 aromatic rings. The molecule has 12 heavy (non-hydrogen) atoms. The number of aryl methyl sites for hydroxylation is 1. The van der Waals surface area contributed by atoms with Crippen LogP contribution < -0.4 is 5.46 Å². The van der Waals surface area contributed by atoms with Crippen molar-refractivity contribution in [2.24, 2.45) is 0 Å². The lowest BCUT2D eigenvalue weighted by Gasteiger charge is -2.05. The topological polar surface area (TPSA) is 53.4 Å². The Bertz CT molecular complexity index is 308. The molecule has 0 radical (unpaired) electrons. The SMILES string of the molecule is Cc1cnc(Cl)c(F)c1B(O)O. The van der Waals surface area contributed by atoms with Crippen LogP contribution in [0.1, 0.15) is 5.56 Å². The normalized spacial score (nSPS) is 10.1. The third-order valence-corrected chi connectivity index (χ3v) is 1.74. The molecule has 0 aliphatic carbocycles. The highest BCUT2D eigenvalue weighted by atomic mass is 35.5. The first kappa shape index (κ1) is 9.44. The molecule has 0 spiro atoms. The van der Waals surface area contributed by atoms with Crippen LogP contribution in [0.2, 0.25) is 5.15 Å². The zero-order chi connectivity index (χ0) is 9.30. The van der Waals surface area contributed by atoms with Crippen LogP contribution in [0.15, 0.2) is 6.20 Å². The molecular formula is C6H6BClFNO2. The number of rotatable bonds is 1. The van der Waals surface area contributed by atoms with Gasteiger partial charge in [0, 0.05) is 11.7 Å². The predicted molar refractivity (Wildman–Crippen MR) is 43.8 cm³/mol. The van der Waals surface area contributed by atoms with E-state index in [2.05, 4.69) is 4.98 Å². The second kappa shape index (κ2) is 3.39. The van der Waals surface area contributed by atoms with E-state index in [1.54, 1.807) is 0 Å². The smallest absolute Gasteiger partial charge is 0.423 e. The molecule has 2 N–H and O–H groups in total. The Morgan fingerprint density at radius 2 is 2.17 bits per heavy atom. The van der Waals surface area contributed by atoms with Crippen LogP contribution in [0.4, 0.5) is 4.39 Å². The summed E-state index contributed by atoms with van der Waals surface area (Å²) in [7, 11) is -1.86. The van der Waals surface area contributed by atoms with Gasteiger partial charge in [-0.15, -0.1) is 0 Å². The Labute approximate surface area is 74.0 Å². The number of halogens is 2. The van der Waals surface area contributed by atoms with Gasteiger partial charge in [0.15, 0.2) is 11.0 Å².